The second-order valence-electron chi connectivity index (χ2n) is 9.36. The highest BCUT2D eigenvalue weighted by Crippen LogP contribution is 2.40. The van der Waals surface area contributed by atoms with Crippen LogP contribution in [0, 0.1) is 0 Å². The highest BCUT2D eigenvalue weighted by Gasteiger charge is 2.26. The van der Waals surface area contributed by atoms with Crippen LogP contribution >= 0.6 is 0 Å². The summed E-state index contributed by atoms with van der Waals surface area (Å²) in [5, 5.41) is 30.0. The van der Waals surface area contributed by atoms with Gasteiger partial charge in [-0.15, -0.1) is 0 Å². The normalized spacial score (nSPS) is 13.9. The van der Waals surface area contributed by atoms with Gasteiger partial charge < -0.3 is 15.3 Å². The van der Waals surface area contributed by atoms with E-state index < -0.39 is 0 Å². The van der Waals surface area contributed by atoms with Gasteiger partial charge in [0.15, 0.2) is 11.5 Å². The summed E-state index contributed by atoms with van der Waals surface area (Å²) in [7, 11) is 0. The molecule has 0 aliphatic rings. The van der Waals surface area contributed by atoms with Crippen molar-refractivity contribution >= 4 is 6.08 Å². The number of hydrogen-bond donors (Lipinski definition) is 3. The van der Waals surface area contributed by atoms with E-state index in [1.807, 2.05) is 25.1 Å². The maximum atomic E-state index is 10.8. The van der Waals surface area contributed by atoms with E-state index in [1.165, 1.54) is 6.07 Å². The van der Waals surface area contributed by atoms with Crippen LogP contribution in [-0.4, -0.2) is 15.3 Å². The van der Waals surface area contributed by atoms with Crippen molar-refractivity contribution in [2.24, 2.45) is 0 Å². The predicted molar refractivity (Wildman–Crippen MR) is 113 cm³/mol. The van der Waals surface area contributed by atoms with Crippen molar-refractivity contribution in [3.8, 4) is 17.2 Å². The second kappa shape index (κ2) is 7.30. The van der Waals surface area contributed by atoms with Crippen LogP contribution < -0.4 is 0 Å². The Morgan fingerprint density at radius 1 is 0.778 bits per heavy atom. The number of allylic oxidation sites excluding steroid dienone is 1. The molecule has 0 heterocycles. The maximum absolute atomic E-state index is 10.8. The fourth-order valence-corrected chi connectivity index (χ4v) is 3.09. The molecule has 0 bridgehead atoms. The molecule has 0 aliphatic carbocycles. The lowest BCUT2D eigenvalue weighted by atomic mass is 9.78. The number of aromatic hydroxyl groups is 3. The molecule has 0 saturated carbocycles. The molecule has 0 aromatic heterocycles. The molecular weight excluding hydrogens is 336 g/mol. The number of phenols is 3. The molecule has 1 unspecified atom stereocenters. The molecule has 3 heteroatoms. The van der Waals surface area contributed by atoms with Crippen molar-refractivity contribution < 1.29 is 15.3 Å². The molecule has 146 valence electrons. The molecule has 3 N–H and O–H groups in total. The number of phenolic OH excluding ortho intramolecular Hbond substituents is 3. The lowest BCUT2D eigenvalue weighted by Gasteiger charge is -2.28. The number of hydrogen-bond acceptors (Lipinski definition) is 3. The Hall–Kier alpha value is -2.42. The second-order valence-corrected chi connectivity index (χ2v) is 9.36. The van der Waals surface area contributed by atoms with Gasteiger partial charge in [-0.3, -0.25) is 0 Å². The van der Waals surface area contributed by atoms with Crippen LogP contribution in [0.25, 0.3) is 6.08 Å². The Morgan fingerprint density at radius 3 is 1.74 bits per heavy atom. The Bertz CT molecular complexity index is 814. The van der Waals surface area contributed by atoms with Gasteiger partial charge in [-0.25, -0.2) is 0 Å². The van der Waals surface area contributed by atoms with Gasteiger partial charge in [-0.2, -0.15) is 0 Å². The summed E-state index contributed by atoms with van der Waals surface area (Å²) in [5.41, 5.74) is 3.50. The zero-order valence-electron chi connectivity index (χ0n) is 17.5. The van der Waals surface area contributed by atoms with Crippen LogP contribution in [0.3, 0.4) is 0 Å². The van der Waals surface area contributed by atoms with Crippen molar-refractivity contribution in [2.75, 3.05) is 0 Å². The van der Waals surface area contributed by atoms with Crippen molar-refractivity contribution in [3.63, 3.8) is 0 Å². The summed E-state index contributed by atoms with van der Waals surface area (Å²) >= 11 is 0. The first-order valence-electron chi connectivity index (χ1n) is 9.38. The van der Waals surface area contributed by atoms with Gasteiger partial charge >= 0.3 is 0 Å². The summed E-state index contributed by atoms with van der Waals surface area (Å²) in [6, 6.07) is 8.99. The largest absolute Gasteiger partial charge is 0.507 e. The third kappa shape index (κ3) is 4.85. The lowest BCUT2D eigenvalue weighted by Crippen LogP contribution is -2.17. The van der Waals surface area contributed by atoms with Crippen LogP contribution in [-0.2, 0) is 10.8 Å². The molecule has 3 nitrogen and oxygen atoms in total. The summed E-state index contributed by atoms with van der Waals surface area (Å²) < 4.78 is 0. The number of benzene rings is 2. The standard InChI is InChI=1S/C24H32O3/c1-15(17-10-11-20(25)21(26)14-17)8-9-16-12-18(23(2,3)4)22(27)19(13-16)24(5,6)7/h8-15,25-27H,1-7H3. The van der Waals surface area contributed by atoms with Gasteiger partial charge in [0.1, 0.15) is 5.75 Å². The molecule has 0 aliphatic heterocycles. The van der Waals surface area contributed by atoms with Crippen LogP contribution in [0.5, 0.6) is 17.2 Å². The fraction of sp³-hybridized carbons (Fsp3) is 0.417. The minimum atomic E-state index is -0.164. The molecule has 0 fully saturated rings. The molecule has 27 heavy (non-hydrogen) atoms. The summed E-state index contributed by atoms with van der Waals surface area (Å²) in [6.07, 6.45) is 4.12. The van der Waals surface area contributed by atoms with Gasteiger partial charge in [0.2, 0.25) is 0 Å². The minimum absolute atomic E-state index is 0.0708. The van der Waals surface area contributed by atoms with E-state index in [1.54, 1.807) is 6.07 Å². The molecule has 2 rings (SSSR count). The van der Waals surface area contributed by atoms with E-state index in [4.69, 9.17) is 0 Å². The Morgan fingerprint density at radius 2 is 1.30 bits per heavy atom. The van der Waals surface area contributed by atoms with Gasteiger partial charge in [0.05, 0.1) is 0 Å². The Kier molecular flexibility index (Phi) is 5.65. The summed E-state index contributed by atoms with van der Waals surface area (Å²) in [4.78, 5) is 0. The van der Waals surface area contributed by atoms with Gasteiger partial charge in [-0.1, -0.05) is 66.7 Å². The molecule has 0 saturated heterocycles. The minimum Gasteiger partial charge on any atom is -0.507 e. The van der Waals surface area contributed by atoms with Crippen LogP contribution in [0.4, 0.5) is 0 Å². The third-order valence-electron chi connectivity index (χ3n) is 4.85. The first kappa shape index (κ1) is 20.9. The fourth-order valence-electron chi connectivity index (χ4n) is 3.09. The van der Waals surface area contributed by atoms with Crippen molar-refractivity contribution in [3.05, 3.63) is 58.7 Å². The third-order valence-corrected chi connectivity index (χ3v) is 4.85. The van der Waals surface area contributed by atoms with Gasteiger partial charge in [0, 0.05) is 11.1 Å². The molecule has 0 amide bonds. The maximum Gasteiger partial charge on any atom is 0.157 e. The monoisotopic (exact) mass is 368 g/mol. The average Bonchev–Trinajstić information content (AvgIpc) is 2.53. The van der Waals surface area contributed by atoms with E-state index in [0.29, 0.717) is 5.75 Å². The van der Waals surface area contributed by atoms with E-state index in [0.717, 1.165) is 22.3 Å². The predicted octanol–water partition coefficient (Wildman–Crippen LogP) is 6.22. The molecular formula is C24H32O3. The molecule has 0 radical (unpaired) electrons. The van der Waals surface area contributed by atoms with E-state index in [2.05, 4.69) is 53.7 Å². The van der Waals surface area contributed by atoms with Gasteiger partial charge in [0.25, 0.3) is 0 Å². The average molecular weight is 369 g/mol. The topological polar surface area (TPSA) is 60.7 Å². The Balaban J connectivity index is 2.45. The molecule has 2 aromatic carbocycles. The Labute approximate surface area is 163 Å². The summed E-state index contributed by atoms with van der Waals surface area (Å²) in [6.45, 7) is 14.6. The quantitative estimate of drug-likeness (QED) is 0.564. The first-order valence-corrected chi connectivity index (χ1v) is 9.38. The van der Waals surface area contributed by atoms with E-state index >= 15 is 0 Å². The highest BCUT2D eigenvalue weighted by atomic mass is 16.3. The first-order chi connectivity index (χ1) is 12.3. The number of rotatable bonds is 3. The van der Waals surface area contributed by atoms with Crippen LogP contribution in [0.15, 0.2) is 36.4 Å². The zero-order chi connectivity index (χ0) is 20.6. The smallest absolute Gasteiger partial charge is 0.157 e. The zero-order valence-corrected chi connectivity index (χ0v) is 17.5. The van der Waals surface area contributed by atoms with Crippen molar-refractivity contribution in [1.82, 2.24) is 0 Å². The highest BCUT2D eigenvalue weighted by molar-refractivity contribution is 5.60. The van der Waals surface area contributed by atoms with Crippen LogP contribution in [0.1, 0.15) is 76.6 Å². The molecule has 0 spiro atoms. The molecule has 2 aromatic rings. The van der Waals surface area contributed by atoms with Crippen molar-refractivity contribution in [1.29, 1.82) is 0 Å². The van der Waals surface area contributed by atoms with E-state index in [9.17, 15) is 15.3 Å². The lowest BCUT2D eigenvalue weighted by molar-refractivity contribution is 0.403. The summed E-state index contributed by atoms with van der Waals surface area (Å²) in [5.74, 6) is 0.227. The molecule has 1 atom stereocenters. The van der Waals surface area contributed by atoms with Crippen molar-refractivity contribution in [2.45, 2.75) is 65.2 Å². The van der Waals surface area contributed by atoms with Crippen LogP contribution in [0.2, 0.25) is 0 Å². The SMILES string of the molecule is CC(C=Cc1cc(C(C)(C)C)c(O)c(C(C)(C)C)c1)c1ccc(O)c(O)c1. The van der Waals surface area contributed by atoms with E-state index in [-0.39, 0.29) is 28.2 Å². The van der Waals surface area contributed by atoms with Gasteiger partial charge in [-0.05, 0) is 52.1 Å².